The highest BCUT2D eigenvalue weighted by Gasteiger charge is 2.27. The van der Waals surface area contributed by atoms with E-state index in [0.717, 1.165) is 0 Å². The van der Waals surface area contributed by atoms with Crippen LogP contribution in [0, 0.1) is 0 Å². The van der Waals surface area contributed by atoms with Crippen molar-refractivity contribution in [2.75, 3.05) is 13.7 Å². The van der Waals surface area contributed by atoms with Crippen LogP contribution in [0.5, 0.6) is 0 Å². The molecule has 2 rings (SSSR count). The first-order valence-electron chi connectivity index (χ1n) is 7.86. The average Bonchev–Trinajstić information content (AvgIpc) is 2.65. The third-order valence-corrected chi connectivity index (χ3v) is 3.47. The van der Waals surface area contributed by atoms with E-state index in [1.54, 1.807) is 24.3 Å². The summed E-state index contributed by atoms with van der Waals surface area (Å²) in [5.41, 5.74) is 1.85. The summed E-state index contributed by atoms with van der Waals surface area (Å²) >= 11 is 0. The van der Waals surface area contributed by atoms with Gasteiger partial charge >= 0.3 is 18.1 Å². The molecule has 0 radical (unpaired) electrons. The van der Waals surface area contributed by atoms with Gasteiger partial charge in [-0.1, -0.05) is 24.3 Å². The number of benzene rings is 2. The van der Waals surface area contributed by atoms with Crippen molar-refractivity contribution in [3.8, 4) is 0 Å². The van der Waals surface area contributed by atoms with Crippen molar-refractivity contribution in [1.82, 2.24) is 0 Å². The number of rotatable bonds is 7. The fourth-order valence-corrected chi connectivity index (χ4v) is 2.11. The van der Waals surface area contributed by atoms with Crippen LogP contribution in [0.1, 0.15) is 31.8 Å². The van der Waals surface area contributed by atoms with Gasteiger partial charge in [-0.3, -0.25) is 0 Å². The molecule has 5 nitrogen and oxygen atoms in total. The quantitative estimate of drug-likeness (QED) is 0.680. The maximum atomic E-state index is 12.0. The van der Waals surface area contributed by atoms with E-state index in [4.69, 9.17) is 4.74 Å². The molecule has 0 aliphatic carbocycles. The Kier molecular flexibility index (Phi) is 6.95. The summed E-state index contributed by atoms with van der Waals surface area (Å²) in [6.07, 6.45) is -4.38. The lowest BCUT2D eigenvalue weighted by molar-refractivity contribution is -0.176. The van der Waals surface area contributed by atoms with Gasteiger partial charge in [0.15, 0.2) is 0 Å². The first-order valence-corrected chi connectivity index (χ1v) is 7.86. The minimum absolute atomic E-state index is 0.0106. The van der Waals surface area contributed by atoms with Crippen molar-refractivity contribution in [1.29, 1.82) is 0 Å². The highest BCUT2D eigenvalue weighted by Crippen LogP contribution is 2.16. The van der Waals surface area contributed by atoms with Crippen LogP contribution >= 0.6 is 0 Å². The summed E-state index contributed by atoms with van der Waals surface area (Å²) in [5.74, 6) is -1.03. The minimum atomic E-state index is -4.38. The maximum Gasteiger partial charge on any atom is 0.411 e. The Labute approximate surface area is 153 Å². The van der Waals surface area contributed by atoms with E-state index in [0.29, 0.717) is 16.7 Å². The van der Waals surface area contributed by atoms with E-state index in [1.165, 1.54) is 31.4 Å². The van der Waals surface area contributed by atoms with Gasteiger partial charge in [0, 0.05) is 0 Å². The van der Waals surface area contributed by atoms with E-state index < -0.39 is 24.7 Å². The number of esters is 2. The number of ether oxygens (including phenoxy) is 3. The first-order chi connectivity index (χ1) is 12.8. The highest BCUT2D eigenvalue weighted by atomic mass is 19.4. The second kappa shape index (κ2) is 9.18. The van der Waals surface area contributed by atoms with Crippen molar-refractivity contribution in [2.24, 2.45) is 0 Å². The molecule has 0 saturated carbocycles. The second-order valence-corrected chi connectivity index (χ2v) is 5.57. The first kappa shape index (κ1) is 20.4. The Bertz CT molecular complexity index is 767. The van der Waals surface area contributed by atoms with Crippen LogP contribution in [-0.4, -0.2) is 31.8 Å². The van der Waals surface area contributed by atoms with Crippen molar-refractivity contribution >= 4 is 11.9 Å². The monoisotopic (exact) mass is 382 g/mol. The van der Waals surface area contributed by atoms with E-state index in [1.807, 2.05) is 0 Å². The summed E-state index contributed by atoms with van der Waals surface area (Å²) in [7, 11) is 1.28. The SMILES string of the molecule is COC(=O)c1ccc(COC(=O)c2ccc(COCC(F)(F)F)cc2)cc1. The molecule has 0 aromatic heterocycles. The standard InChI is InChI=1S/C19H17F3O5/c1-25-17(23)15-6-4-14(5-7-15)11-27-18(24)16-8-2-13(3-9-16)10-26-12-19(20,21)22/h2-9H,10-12H2,1H3. The lowest BCUT2D eigenvalue weighted by atomic mass is 10.1. The van der Waals surface area contributed by atoms with Gasteiger partial charge in [0.2, 0.25) is 0 Å². The van der Waals surface area contributed by atoms with Gasteiger partial charge in [0.1, 0.15) is 13.2 Å². The van der Waals surface area contributed by atoms with E-state index >= 15 is 0 Å². The van der Waals surface area contributed by atoms with Crippen LogP contribution in [0.4, 0.5) is 13.2 Å². The van der Waals surface area contributed by atoms with Crippen molar-refractivity contribution in [3.63, 3.8) is 0 Å². The van der Waals surface area contributed by atoms with E-state index in [-0.39, 0.29) is 18.8 Å². The molecule has 0 fully saturated rings. The van der Waals surface area contributed by atoms with Gasteiger partial charge in [-0.05, 0) is 35.4 Å². The second-order valence-electron chi connectivity index (χ2n) is 5.57. The predicted octanol–water partition coefficient (Wildman–Crippen LogP) is 3.91. The third kappa shape index (κ3) is 6.74. The number of halogens is 3. The van der Waals surface area contributed by atoms with Gasteiger partial charge in [0.25, 0.3) is 0 Å². The predicted molar refractivity (Wildman–Crippen MR) is 89.1 cm³/mol. The Balaban J connectivity index is 1.84. The number of carbonyl (C=O) groups is 2. The van der Waals surface area contributed by atoms with Gasteiger partial charge in [-0.15, -0.1) is 0 Å². The zero-order valence-electron chi connectivity index (χ0n) is 14.4. The highest BCUT2D eigenvalue weighted by molar-refractivity contribution is 5.90. The smallest absolute Gasteiger partial charge is 0.411 e. The van der Waals surface area contributed by atoms with Gasteiger partial charge in [0.05, 0.1) is 24.8 Å². The fourth-order valence-electron chi connectivity index (χ4n) is 2.11. The molecule has 2 aromatic carbocycles. The molecular weight excluding hydrogens is 365 g/mol. The van der Waals surface area contributed by atoms with Crippen LogP contribution in [0.3, 0.4) is 0 Å². The van der Waals surface area contributed by atoms with E-state index in [9.17, 15) is 22.8 Å². The van der Waals surface area contributed by atoms with Gasteiger partial charge in [-0.2, -0.15) is 13.2 Å². The van der Waals surface area contributed by atoms with Crippen LogP contribution < -0.4 is 0 Å². The van der Waals surface area contributed by atoms with Crippen LogP contribution in [0.15, 0.2) is 48.5 Å². The Morgan fingerprint density at radius 3 is 1.78 bits per heavy atom. The average molecular weight is 382 g/mol. The molecule has 0 bridgehead atoms. The molecule has 0 N–H and O–H groups in total. The molecule has 0 atom stereocenters. The topological polar surface area (TPSA) is 61.8 Å². The molecule has 27 heavy (non-hydrogen) atoms. The number of methoxy groups -OCH3 is 1. The summed E-state index contributed by atoms with van der Waals surface area (Å²) in [4.78, 5) is 23.4. The molecule has 0 heterocycles. The zero-order chi connectivity index (χ0) is 19.9. The molecule has 0 saturated heterocycles. The normalized spacial score (nSPS) is 11.1. The van der Waals surface area contributed by atoms with Crippen molar-refractivity contribution in [3.05, 3.63) is 70.8 Å². The van der Waals surface area contributed by atoms with Crippen LogP contribution in [-0.2, 0) is 27.4 Å². The van der Waals surface area contributed by atoms with E-state index in [2.05, 4.69) is 9.47 Å². The fraction of sp³-hybridized carbons (Fsp3) is 0.263. The summed E-state index contributed by atoms with van der Waals surface area (Å²) in [5, 5.41) is 0. The molecule has 2 aromatic rings. The number of carbonyl (C=O) groups excluding carboxylic acids is 2. The lowest BCUT2D eigenvalue weighted by Crippen LogP contribution is -2.16. The molecule has 0 amide bonds. The summed E-state index contributed by atoms with van der Waals surface area (Å²) in [6, 6.07) is 12.3. The maximum absolute atomic E-state index is 12.0. The molecule has 0 spiro atoms. The molecular formula is C19H17F3O5. The number of hydrogen-bond donors (Lipinski definition) is 0. The van der Waals surface area contributed by atoms with Crippen molar-refractivity contribution in [2.45, 2.75) is 19.4 Å². The molecule has 0 aliphatic rings. The van der Waals surface area contributed by atoms with Crippen molar-refractivity contribution < 1.29 is 37.0 Å². The zero-order valence-corrected chi connectivity index (χ0v) is 14.4. The largest absolute Gasteiger partial charge is 0.465 e. The van der Waals surface area contributed by atoms with Crippen LogP contribution in [0.25, 0.3) is 0 Å². The Morgan fingerprint density at radius 1 is 0.815 bits per heavy atom. The minimum Gasteiger partial charge on any atom is -0.465 e. The number of alkyl halides is 3. The Morgan fingerprint density at radius 2 is 1.30 bits per heavy atom. The van der Waals surface area contributed by atoms with Gasteiger partial charge < -0.3 is 14.2 Å². The lowest BCUT2D eigenvalue weighted by Gasteiger charge is -2.08. The third-order valence-electron chi connectivity index (χ3n) is 3.47. The van der Waals surface area contributed by atoms with Gasteiger partial charge in [-0.25, -0.2) is 9.59 Å². The molecule has 144 valence electrons. The molecule has 0 aliphatic heterocycles. The summed E-state index contributed by atoms with van der Waals surface area (Å²) < 4.78 is 50.4. The molecule has 8 heteroatoms. The number of hydrogen-bond acceptors (Lipinski definition) is 5. The molecule has 0 unspecified atom stereocenters. The van der Waals surface area contributed by atoms with Crippen LogP contribution in [0.2, 0.25) is 0 Å². The summed E-state index contributed by atoms with van der Waals surface area (Å²) in [6.45, 7) is -1.52. The Hall–Kier alpha value is -2.87.